The Morgan fingerprint density at radius 2 is 2.00 bits per heavy atom. The second-order valence-corrected chi connectivity index (χ2v) is 7.58. The fourth-order valence-corrected chi connectivity index (χ4v) is 3.78. The number of carbonyl (C=O) groups is 1. The summed E-state index contributed by atoms with van der Waals surface area (Å²) in [5.74, 6) is -0.705. The Kier molecular flexibility index (Phi) is 6.34. The van der Waals surface area contributed by atoms with Gasteiger partial charge in [-0.15, -0.1) is 12.4 Å². The first kappa shape index (κ1) is 18.9. The van der Waals surface area contributed by atoms with Crippen molar-refractivity contribution in [3.8, 4) is 0 Å². The Morgan fingerprint density at radius 3 is 2.50 bits per heavy atom. The first-order valence-electron chi connectivity index (χ1n) is 6.84. The van der Waals surface area contributed by atoms with Crippen molar-refractivity contribution in [1.29, 1.82) is 0 Å². The Hall–Kier alpha value is -1.18. The van der Waals surface area contributed by atoms with Crippen LogP contribution < -0.4 is 5.73 Å². The highest BCUT2D eigenvalue weighted by Crippen LogP contribution is 2.21. The van der Waals surface area contributed by atoms with Crippen molar-refractivity contribution in [3.63, 3.8) is 0 Å². The number of halogens is 2. The summed E-state index contributed by atoms with van der Waals surface area (Å²) in [6, 6.07) is 4.51. The molecular weight excluding hydrogens is 331 g/mol. The van der Waals surface area contributed by atoms with Crippen LogP contribution in [0.4, 0.5) is 4.39 Å². The van der Waals surface area contributed by atoms with E-state index in [1.807, 2.05) is 0 Å². The van der Waals surface area contributed by atoms with E-state index < -0.39 is 26.8 Å². The van der Waals surface area contributed by atoms with Crippen LogP contribution in [0.3, 0.4) is 0 Å². The summed E-state index contributed by atoms with van der Waals surface area (Å²) in [6.45, 7) is 2.89. The van der Waals surface area contributed by atoms with Gasteiger partial charge in [-0.05, 0) is 50.1 Å². The molecule has 2 unspecified atom stereocenters. The molecule has 2 N–H and O–H groups in total. The van der Waals surface area contributed by atoms with Gasteiger partial charge in [-0.25, -0.2) is 12.8 Å². The molecule has 0 aliphatic carbocycles. The van der Waals surface area contributed by atoms with Gasteiger partial charge in [0.2, 0.25) is 5.91 Å². The van der Waals surface area contributed by atoms with Crippen molar-refractivity contribution >= 4 is 28.2 Å². The zero-order chi connectivity index (χ0) is 15.6. The fourth-order valence-electron chi connectivity index (χ4n) is 2.44. The monoisotopic (exact) mass is 350 g/mol. The van der Waals surface area contributed by atoms with Gasteiger partial charge in [0, 0.05) is 13.1 Å². The van der Waals surface area contributed by atoms with Crippen LogP contribution in [0.1, 0.15) is 13.3 Å². The number of hydrogen-bond acceptors (Lipinski definition) is 4. The number of nitrogens with two attached hydrogens (primary N) is 1. The molecule has 0 spiro atoms. The minimum absolute atomic E-state index is 0. The molecule has 1 aromatic carbocycles. The molecule has 22 heavy (non-hydrogen) atoms. The number of rotatable bonds is 4. The highest BCUT2D eigenvalue weighted by molar-refractivity contribution is 7.92. The molecule has 2 rings (SSSR count). The van der Waals surface area contributed by atoms with E-state index in [4.69, 9.17) is 5.73 Å². The summed E-state index contributed by atoms with van der Waals surface area (Å²) >= 11 is 0. The van der Waals surface area contributed by atoms with Crippen molar-refractivity contribution in [2.24, 2.45) is 11.7 Å². The maximum absolute atomic E-state index is 12.9. The van der Waals surface area contributed by atoms with E-state index in [-0.39, 0.29) is 23.2 Å². The van der Waals surface area contributed by atoms with Gasteiger partial charge >= 0.3 is 0 Å². The predicted molar refractivity (Wildman–Crippen MR) is 84.0 cm³/mol. The number of amides is 1. The molecular formula is C14H20ClFN2O3S. The topological polar surface area (TPSA) is 80.5 Å². The van der Waals surface area contributed by atoms with Gasteiger partial charge < -0.3 is 10.6 Å². The Morgan fingerprint density at radius 1 is 1.41 bits per heavy atom. The highest BCUT2D eigenvalue weighted by atomic mass is 35.5. The zero-order valence-corrected chi connectivity index (χ0v) is 13.9. The van der Waals surface area contributed by atoms with Gasteiger partial charge in [0.15, 0.2) is 9.84 Å². The molecule has 0 aromatic heterocycles. The molecule has 0 saturated carbocycles. The van der Waals surface area contributed by atoms with Gasteiger partial charge in [-0.3, -0.25) is 4.79 Å². The van der Waals surface area contributed by atoms with Crippen LogP contribution in [0.25, 0.3) is 0 Å². The third-order valence-electron chi connectivity index (χ3n) is 3.89. The summed E-state index contributed by atoms with van der Waals surface area (Å²) in [6.07, 6.45) is 0.797. The number of benzene rings is 1. The lowest BCUT2D eigenvalue weighted by molar-refractivity contribution is -0.129. The first-order chi connectivity index (χ1) is 9.86. The third-order valence-corrected chi connectivity index (χ3v) is 5.95. The Labute approximate surface area is 136 Å². The molecule has 124 valence electrons. The smallest absolute Gasteiger partial charge is 0.241 e. The molecule has 1 heterocycles. The normalized spacial score (nSPS) is 19.6. The largest absolute Gasteiger partial charge is 0.341 e. The minimum Gasteiger partial charge on any atom is -0.341 e. The van der Waals surface area contributed by atoms with Crippen LogP contribution in [0.15, 0.2) is 29.2 Å². The average Bonchev–Trinajstić information content (AvgIpc) is 2.95. The molecule has 8 heteroatoms. The lowest BCUT2D eigenvalue weighted by Gasteiger charge is -2.21. The summed E-state index contributed by atoms with van der Waals surface area (Å²) in [5, 5.41) is -1.18. The lowest BCUT2D eigenvalue weighted by Crippen LogP contribution is -2.40. The molecule has 1 aliphatic rings. The third kappa shape index (κ3) is 3.77. The second kappa shape index (κ2) is 7.39. The van der Waals surface area contributed by atoms with Crippen LogP contribution in [-0.4, -0.2) is 44.1 Å². The van der Waals surface area contributed by atoms with Crippen molar-refractivity contribution in [2.45, 2.75) is 23.5 Å². The summed E-state index contributed by atoms with van der Waals surface area (Å²) in [7, 11) is -3.81. The van der Waals surface area contributed by atoms with E-state index in [9.17, 15) is 17.6 Å². The van der Waals surface area contributed by atoms with E-state index in [0.29, 0.717) is 19.6 Å². The lowest BCUT2D eigenvalue weighted by atomic mass is 10.1. The summed E-state index contributed by atoms with van der Waals surface area (Å²) < 4.78 is 37.7. The molecule has 1 fully saturated rings. The van der Waals surface area contributed by atoms with Crippen molar-refractivity contribution in [2.75, 3.05) is 19.6 Å². The maximum atomic E-state index is 12.9. The Balaban J connectivity index is 0.00000242. The predicted octanol–water partition coefficient (Wildman–Crippen LogP) is 1.22. The maximum Gasteiger partial charge on any atom is 0.241 e. The average molecular weight is 351 g/mol. The molecule has 1 amide bonds. The molecule has 0 radical (unpaired) electrons. The minimum atomic E-state index is -3.81. The number of sulfone groups is 1. The van der Waals surface area contributed by atoms with E-state index in [2.05, 4.69) is 0 Å². The summed E-state index contributed by atoms with van der Waals surface area (Å²) in [4.78, 5) is 13.8. The fraction of sp³-hybridized carbons (Fsp3) is 0.500. The van der Waals surface area contributed by atoms with Crippen molar-refractivity contribution in [1.82, 2.24) is 4.90 Å². The molecule has 1 saturated heterocycles. The first-order valence-corrected chi connectivity index (χ1v) is 8.39. The molecule has 1 aromatic rings. The van der Waals surface area contributed by atoms with E-state index in [0.717, 1.165) is 18.6 Å². The number of carbonyl (C=O) groups excluding carboxylic acids is 1. The Bertz CT molecular complexity index is 621. The standard InChI is InChI=1S/C14H19FN2O3S.ClH/c1-10(14(18)17-7-6-11(8-16)9-17)21(19,20)13-4-2-12(15)3-5-13;/h2-5,10-11H,6-9,16H2,1H3;1H. The van der Waals surface area contributed by atoms with Crippen molar-refractivity contribution < 1.29 is 17.6 Å². The van der Waals surface area contributed by atoms with Gasteiger partial charge in [0.25, 0.3) is 0 Å². The van der Waals surface area contributed by atoms with Crippen LogP contribution >= 0.6 is 12.4 Å². The van der Waals surface area contributed by atoms with Crippen molar-refractivity contribution in [3.05, 3.63) is 30.1 Å². The van der Waals surface area contributed by atoms with Gasteiger partial charge in [-0.2, -0.15) is 0 Å². The van der Waals surface area contributed by atoms with Crippen LogP contribution in [0, 0.1) is 11.7 Å². The zero-order valence-electron chi connectivity index (χ0n) is 12.2. The number of hydrogen-bond donors (Lipinski definition) is 1. The van der Waals surface area contributed by atoms with E-state index in [1.165, 1.54) is 19.1 Å². The van der Waals surface area contributed by atoms with Crippen LogP contribution in [-0.2, 0) is 14.6 Å². The molecule has 1 aliphatic heterocycles. The molecule has 5 nitrogen and oxygen atoms in total. The summed E-state index contributed by atoms with van der Waals surface area (Å²) in [5.41, 5.74) is 5.57. The number of likely N-dealkylation sites (tertiary alicyclic amines) is 1. The molecule has 2 atom stereocenters. The quantitative estimate of drug-likeness (QED) is 0.828. The van der Waals surface area contributed by atoms with Gasteiger partial charge in [0.1, 0.15) is 11.1 Å². The second-order valence-electron chi connectivity index (χ2n) is 5.32. The SMILES string of the molecule is CC(C(=O)N1CCC(CN)C1)S(=O)(=O)c1ccc(F)cc1.Cl. The van der Waals surface area contributed by atoms with Crippen LogP contribution in [0.2, 0.25) is 0 Å². The van der Waals surface area contributed by atoms with E-state index in [1.54, 1.807) is 4.90 Å². The van der Waals surface area contributed by atoms with Gasteiger partial charge in [-0.1, -0.05) is 0 Å². The van der Waals surface area contributed by atoms with E-state index >= 15 is 0 Å². The van der Waals surface area contributed by atoms with Gasteiger partial charge in [0.05, 0.1) is 4.90 Å². The highest BCUT2D eigenvalue weighted by Gasteiger charge is 2.35. The van der Waals surface area contributed by atoms with Crippen LogP contribution in [0.5, 0.6) is 0 Å². The molecule has 0 bridgehead atoms. The number of nitrogens with zero attached hydrogens (tertiary/aromatic N) is 1.